The summed E-state index contributed by atoms with van der Waals surface area (Å²) in [4.78, 5) is 25.0. The molecule has 0 fully saturated rings. The van der Waals surface area contributed by atoms with Crippen molar-refractivity contribution in [1.29, 1.82) is 0 Å². The third-order valence-corrected chi connectivity index (χ3v) is 4.03. The monoisotopic (exact) mass is 311 g/mol. The van der Waals surface area contributed by atoms with Gasteiger partial charge in [-0.25, -0.2) is 9.18 Å². The number of alkyl halides is 1. The second-order valence-corrected chi connectivity index (χ2v) is 7.01. The Morgan fingerprint density at radius 2 is 2.09 bits per heavy atom. The maximum Gasteiger partial charge on any atom is 0.410 e. The van der Waals surface area contributed by atoms with E-state index < -0.39 is 29.3 Å². The van der Waals surface area contributed by atoms with Crippen LogP contribution in [0.25, 0.3) is 0 Å². The lowest BCUT2D eigenvalue weighted by Gasteiger charge is -2.40. The highest BCUT2D eigenvalue weighted by Crippen LogP contribution is 2.42. The summed E-state index contributed by atoms with van der Waals surface area (Å²) >= 11 is 0. The summed E-state index contributed by atoms with van der Waals surface area (Å²) in [6.45, 7) is 6.73. The third-order valence-electron chi connectivity index (χ3n) is 4.03. The SMILES string of the molecule is CC(C)(C)OC(=O)N1CC2=C(C=CCC2(C)C(=O)O)C(F)C1. The van der Waals surface area contributed by atoms with Crippen molar-refractivity contribution in [3.8, 4) is 0 Å². The van der Waals surface area contributed by atoms with Gasteiger partial charge in [0.25, 0.3) is 0 Å². The number of carbonyl (C=O) groups is 2. The van der Waals surface area contributed by atoms with Crippen molar-refractivity contribution in [3.63, 3.8) is 0 Å². The van der Waals surface area contributed by atoms with E-state index in [4.69, 9.17) is 4.74 Å². The third kappa shape index (κ3) is 3.00. The molecule has 2 unspecified atom stereocenters. The highest BCUT2D eigenvalue weighted by molar-refractivity contribution is 5.81. The van der Waals surface area contributed by atoms with E-state index in [1.807, 2.05) is 0 Å². The minimum atomic E-state index is -1.40. The predicted octanol–water partition coefficient (Wildman–Crippen LogP) is 2.92. The summed E-state index contributed by atoms with van der Waals surface area (Å²) in [7, 11) is 0. The molecule has 0 radical (unpaired) electrons. The number of amides is 1. The molecule has 1 amide bonds. The van der Waals surface area contributed by atoms with Crippen LogP contribution < -0.4 is 0 Å². The number of hydrogen-bond donors (Lipinski definition) is 1. The van der Waals surface area contributed by atoms with Crippen molar-refractivity contribution in [3.05, 3.63) is 23.3 Å². The second kappa shape index (κ2) is 5.41. The normalized spacial score (nSPS) is 28.4. The van der Waals surface area contributed by atoms with Crippen LogP contribution >= 0.6 is 0 Å². The summed E-state index contributed by atoms with van der Waals surface area (Å²) in [6, 6.07) is 0. The molecule has 122 valence electrons. The zero-order valence-corrected chi connectivity index (χ0v) is 13.4. The van der Waals surface area contributed by atoms with Crippen LogP contribution in [-0.2, 0) is 9.53 Å². The van der Waals surface area contributed by atoms with Crippen LogP contribution in [0.2, 0.25) is 0 Å². The maximum atomic E-state index is 14.4. The minimum Gasteiger partial charge on any atom is -0.481 e. The van der Waals surface area contributed by atoms with Crippen LogP contribution in [0.1, 0.15) is 34.1 Å². The zero-order chi connectivity index (χ0) is 16.7. The smallest absolute Gasteiger partial charge is 0.410 e. The Kier molecular flexibility index (Phi) is 4.06. The van der Waals surface area contributed by atoms with Gasteiger partial charge >= 0.3 is 12.1 Å². The molecule has 0 saturated carbocycles. The molecule has 0 aromatic heterocycles. The molecule has 5 nitrogen and oxygen atoms in total. The number of carboxylic acids is 1. The van der Waals surface area contributed by atoms with Gasteiger partial charge in [0.1, 0.15) is 11.8 Å². The van der Waals surface area contributed by atoms with E-state index in [-0.39, 0.29) is 19.5 Å². The number of carbonyl (C=O) groups excluding carboxylic acids is 1. The molecular weight excluding hydrogens is 289 g/mol. The Hall–Kier alpha value is -1.85. The van der Waals surface area contributed by atoms with Crippen LogP contribution in [0.15, 0.2) is 23.3 Å². The number of carboxylic acid groups (broad SMARTS) is 1. The second-order valence-electron chi connectivity index (χ2n) is 7.01. The number of ether oxygens (including phenoxy) is 1. The average molecular weight is 311 g/mol. The van der Waals surface area contributed by atoms with Gasteiger partial charge in [0.15, 0.2) is 0 Å². The fourth-order valence-electron chi connectivity index (χ4n) is 2.75. The molecule has 6 heteroatoms. The Morgan fingerprint density at radius 3 is 2.64 bits per heavy atom. The summed E-state index contributed by atoms with van der Waals surface area (Å²) in [5.74, 6) is -1.01. The van der Waals surface area contributed by atoms with E-state index in [0.29, 0.717) is 11.1 Å². The molecule has 0 saturated heterocycles. The maximum absolute atomic E-state index is 14.4. The van der Waals surface area contributed by atoms with Gasteiger partial charge in [-0.1, -0.05) is 12.2 Å². The topological polar surface area (TPSA) is 66.8 Å². The summed E-state index contributed by atoms with van der Waals surface area (Å²) in [6.07, 6.45) is 1.59. The van der Waals surface area contributed by atoms with Crippen LogP contribution in [-0.4, -0.2) is 46.9 Å². The molecule has 1 aliphatic heterocycles. The number of halogens is 1. The number of allylic oxidation sites excluding steroid dienone is 2. The Balaban J connectivity index is 2.31. The highest BCUT2D eigenvalue weighted by atomic mass is 19.1. The first-order valence-electron chi connectivity index (χ1n) is 7.30. The molecule has 0 aromatic carbocycles. The van der Waals surface area contributed by atoms with Crippen molar-refractivity contribution in [2.24, 2.45) is 5.41 Å². The van der Waals surface area contributed by atoms with Gasteiger partial charge in [0.05, 0.1) is 12.0 Å². The summed E-state index contributed by atoms with van der Waals surface area (Å²) in [5, 5.41) is 9.51. The molecule has 1 heterocycles. The first-order valence-corrected chi connectivity index (χ1v) is 7.30. The Bertz CT molecular complexity index is 561. The molecule has 0 aromatic rings. The first-order chi connectivity index (χ1) is 10.0. The van der Waals surface area contributed by atoms with Crippen molar-refractivity contribution < 1.29 is 23.8 Å². The van der Waals surface area contributed by atoms with Crippen LogP contribution in [0.3, 0.4) is 0 Å². The van der Waals surface area contributed by atoms with E-state index >= 15 is 0 Å². The van der Waals surface area contributed by atoms with Crippen LogP contribution in [0.4, 0.5) is 9.18 Å². The van der Waals surface area contributed by atoms with Crippen LogP contribution in [0, 0.1) is 5.41 Å². The highest BCUT2D eigenvalue weighted by Gasteiger charge is 2.45. The molecule has 0 bridgehead atoms. The number of hydrogen-bond acceptors (Lipinski definition) is 3. The molecule has 0 spiro atoms. The molecule has 1 aliphatic carbocycles. The lowest BCUT2D eigenvalue weighted by Crippen LogP contribution is -2.49. The summed E-state index contributed by atoms with van der Waals surface area (Å²) < 4.78 is 19.7. The fraction of sp³-hybridized carbons (Fsp3) is 0.625. The summed E-state index contributed by atoms with van der Waals surface area (Å²) in [5.41, 5.74) is -1.03. The molecule has 2 atom stereocenters. The molecule has 2 rings (SSSR count). The van der Waals surface area contributed by atoms with E-state index in [2.05, 4.69) is 0 Å². The predicted molar refractivity (Wildman–Crippen MR) is 79.2 cm³/mol. The number of rotatable bonds is 1. The van der Waals surface area contributed by atoms with Crippen molar-refractivity contribution in [2.45, 2.75) is 45.9 Å². The molecule has 1 N–H and O–H groups in total. The van der Waals surface area contributed by atoms with Gasteiger partial charge in [0, 0.05) is 6.54 Å². The van der Waals surface area contributed by atoms with Gasteiger partial charge in [0.2, 0.25) is 0 Å². The van der Waals surface area contributed by atoms with Crippen LogP contribution in [0.5, 0.6) is 0 Å². The minimum absolute atomic E-state index is 0.0812. The quantitative estimate of drug-likeness (QED) is 0.808. The fourth-order valence-corrected chi connectivity index (χ4v) is 2.75. The number of aliphatic carboxylic acids is 1. The van der Waals surface area contributed by atoms with Crippen molar-refractivity contribution >= 4 is 12.1 Å². The van der Waals surface area contributed by atoms with Gasteiger partial charge in [-0.05, 0) is 45.3 Å². The van der Waals surface area contributed by atoms with E-state index in [1.165, 1.54) is 4.90 Å². The standard InChI is InChI=1S/C16H22FNO4/c1-15(2,3)22-14(21)18-8-11-10(12(17)9-18)6-5-7-16(11,4)13(19)20/h5-6,12H,7-9H2,1-4H3,(H,19,20). The van der Waals surface area contributed by atoms with Crippen molar-refractivity contribution in [1.82, 2.24) is 4.90 Å². The number of nitrogens with zero attached hydrogens (tertiary/aromatic N) is 1. The van der Waals surface area contributed by atoms with Gasteiger partial charge in [-0.2, -0.15) is 0 Å². The van der Waals surface area contributed by atoms with E-state index in [0.717, 1.165) is 0 Å². The zero-order valence-electron chi connectivity index (χ0n) is 13.4. The average Bonchev–Trinajstić information content (AvgIpc) is 2.37. The lowest BCUT2D eigenvalue weighted by molar-refractivity contribution is -0.146. The first kappa shape index (κ1) is 16.5. The van der Waals surface area contributed by atoms with Gasteiger partial charge in [-0.3, -0.25) is 4.79 Å². The Labute approximate surface area is 129 Å². The molecule has 22 heavy (non-hydrogen) atoms. The van der Waals surface area contributed by atoms with Gasteiger partial charge in [-0.15, -0.1) is 0 Å². The molecular formula is C16H22FNO4. The van der Waals surface area contributed by atoms with Gasteiger partial charge < -0.3 is 14.7 Å². The van der Waals surface area contributed by atoms with E-state index in [1.54, 1.807) is 39.8 Å². The molecule has 2 aliphatic rings. The largest absolute Gasteiger partial charge is 0.481 e. The van der Waals surface area contributed by atoms with E-state index in [9.17, 15) is 19.1 Å². The van der Waals surface area contributed by atoms with Crippen molar-refractivity contribution in [2.75, 3.05) is 13.1 Å². The lowest BCUT2D eigenvalue weighted by atomic mass is 9.71. The Morgan fingerprint density at radius 1 is 1.45 bits per heavy atom.